The van der Waals surface area contributed by atoms with Crippen LogP contribution in [0.25, 0.3) is 10.9 Å². The third-order valence-corrected chi connectivity index (χ3v) is 11.9. The lowest BCUT2D eigenvalue weighted by Crippen LogP contribution is -2.41. The second-order valence-electron chi connectivity index (χ2n) is 10.6. The van der Waals surface area contributed by atoms with Crippen LogP contribution in [0.2, 0.25) is 23.2 Å². The molecule has 0 radical (unpaired) electrons. The van der Waals surface area contributed by atoms with Gasteiger partial charge in [0.2, 0.25) is 0 Å². The first-order valence-electron chi connectivity index (χ1n) is 10.2. The Labute approximate surface area is 181 Å². The van der Waals surface area contributed by atoms with Gasteiger partial charge in [-0.1, -0.05) is 38.4 Å². The summed E-state index contributed by atoms with van der Waals surface area (Å²) in [4.78, 5) is 0. The predicted molar refractivity (Wildman–Crippen MR) is 123 cm³/mol. The smallest absolute Gasteiger partial charge is 0.411 e. The highest BCUT2D eigenvalue weighted by Gasteiger charge is 2.52. The molecule has 3 rings (SSSR count). The fourth-order valence-corrected chi connectivity index (χ4v) is 4.40. The summed E-state index contributed by atoms with van der Waals surface area (Å²) in [6.07, 6.45) is 0. The maximum atomic E-state index is 6.91. The number of hydrogen-bond acceptors (Lipinski definition) is 4. The van der Waals surface area contributed by atoms with Crippen molar-refractivity contribution in [2.75, 3.05) is 0 Å². The zero-order chi connectivity index (χ0) is 22.0. The van der Waals surface area contributed by atoms with Crippen molar-refractivity contribution in [3.8, 4) is 0 Å². The van der Waals surface area contributed by atoms with E-state index < -0.39 is 26.6 Å². The van der Waals surface area contributed by atoms with E-state index in [0.29, 0.717) is 11.6 Å². The van der Waals surface area contributed by atoms with Crippen LogP contribution in [0.5, 0.6) is 0 Å². The van der Waals surface area contributed by atoms with E-state index in [1.807, 2.05) is 51.6 Å². The second-order valence-corrected chi connectivity index (χ2v) is 15.8. The minimum absolute atomic E-state index is 0.138. The predicted octanol–water partition coefficient (Wildman–Crippen LogP) is 5.05. The molecule has 1 aromatic heterocycles. The zero-order valence-electron chi connectivity index (χ0n) is 19.4. The SMILES string of the molecule is Cn1nc2ccc(B3OC(C)(C)C(C)(C)O3)c(Cl)c2c1CO[Si](C)(C)C(C)(C)C. The van der Waals surface area contributed by atoms with Gasteiger partial charge in [0.1, 0.15) is 0 Å². The van der Waals surface area contributed by atoms with E-state index in [0.717, 1.165) is 22.1 Å². The molecule has 0 amide bonds. The minimum Gasteiger partial charge on any atom is -0.411 e. The van der Waals surface area contributed by atoms with E-state index in [2.05, 4.69) is 39.0 Å². The molecule has 0 bridgehead atoms. The zero-order valence-corrected chi connectivity index (χ0v) is 21.2. The molecule has 160 valence electrons. The van der Waals surface area contributed by atoms with Gasteiger partial charge in [-0.05, 0) is 51.9 Å². The second kappa shape index (κ2) is 7.09. The van der Waals surface area contributed by atoms with Crippen LogP contribution in [0, 0.1) is 0 Å². The van der Waals surface area contributed by atoms with Gasteiger partial charge in [-0.2, -0.15) is 5.10 Å². The molecule has 0 saturated carbocycles. The van der Waals surface area contributed by atoms with E-state index in [1.54, 1.807) is 0 Å². The Bertz CT molecular complexity index is 918. The molecule has 2 heterocycles. The maximum absolute atomic E-state index is 6.91. The third-order valence-electron chi connectivity index (χ3n) is 6.97. The van der Waals surface area contributed by atoms with Gasteiger partial charge in [-0.25, -0.2) is 0 Å². The summed E-state index contributed by atoms with van der Waals surface area (Å²) in [5.41, 5.74) is 1.83. The Morgan fingerprint density at radius 1 is 1.14 bits per heavy atom. The number of aryl methyl sites for hydroxylation is 1. The Balaban J connectivity index is 2.00. The van der Waals surface area contributed by atoms with Crippen molar-refractivity contribution in [3.63, 3.8) is 0 Å². The van der Waals surface area contributed by atoms with Crippen molar-refractivity contribution >= 4 is 43.4 Å². The van der Waals surface area contributed by atoms with Gasteiger partial charge < -0.3 is 13.7 Å². The van der Waals surface area contributed by atoms with Crippen molar-refractivity contribution in [2.24, 2.45) is 7.05 Å². The topological polar surface area (TPSA) is 45.5 Å². The fourth-order valence-electron chi connectivity index (χ4n) is 3.11. The number of nitrogens with zero attached hydrogens (tertiary/aromatic N) is 2. The molecule has 1 aliphatic rings. The Morgan fingerprint density at radius 3 is 2.21 bits per heavy atom. The summed E-state index contributed by atoms with van der Waals surface area (Å²) >= 11 is 6.91. The molecule has 0 aliphatic carbocycles. The van der Waals surface area contributed by atoms with Crippen molar-refractivity contribution in [2.45, 2.75) is 84.4 Å². The van der Waals surface area contributed by atoms with Crippen molar-refractivity contribution in [1.82, 2.24) is 9.78 Å². The molecule has 1 aliphatic heterocycles. The first-order valence-corrected chi connectivity index (χ1v) is 13.5. The van der Waals surface area contributed by atoms with Gasteiger partial charge in [-0.15, -0.1) is 0 Å². The van der Waals surface area contributed by atoms with Crippen LogP contribution in [0.4, 0.5) is 0 Å². The van der Waals surface area contributed by atoms with E-state index >= 15 is 0 Å². The maximum Gasteiger partial charge on any atom is 0.496 e. The van der Waals surface area contributed by atoms with Gasteiger partial charge in [0.05, 0.1) is 34.0 Å². The standard InChI is InChI=1S/C21H34BClN2O3Si/c1-19(2,3)29(9,10)26-13-16-17-15(24-25(16)8)12-11-14(18(17)23)22-27-20(4,5)21(6,7)28-22/h11-12H,13H2,1-10H3. The highest BCUT2D eigenvalue weighted by atomic mass is 35.5. The van der Waals surface area contributed by atoms with E-state index in [-0.39, 0.29) is 5.04 Å². The molecule has 29 heavy (non-hydrogen) atoms. The highest BCUT2D eigenvalue weighted by molar-refractivity contribution is 6.74. The molecule has 1 fully saturated rings. The van der Waals surface area contributed by atoms with Crippen molar-refractivity contribution < 1.29 is 13.7 Å². The number of benzene rings is 1. The number of halogens is 1. The molecule has 1 saturated heterocycles. The lowest BCUT2D eigenvalue weighted by Gasteiger charge is -2.36. The van der Waals surface area contributed by atoms with Crippen LogP contribution in [0.1, 0.15) is 54.2 Å². The third kappa shape index (κ3) is 3.92. The minimum atomic E-state index is -1.90. The van der Waals surface area contributed by atoms with E-state index in [1.165, 1.54) is 0 Å². The Morgan fingerprint density at radius 2 is 1.69 bits per heavy atom. The number of aromatic nitrogens is 2. The van der Waals surface area contributed by atoms with Crippen LogP contribution in [-0.4, -0.2) is 36.4 Å². The largest absolute Gasteiger partial charge is 0.496 e. The molecule has 0 unspecified atom stereocenters. The average molecular weight is 437 g/mol. The lowest BCUT2D eigenvalue weighted by molar-refractivity contribution is 0.00578. The molecular formula is C21H34BClN2O3Si. The summed E-state index contributed by atoms with van der Waals surface area (Å²) in [6.45, 7) is 19.9. The number of rotatable bonds is 4. The first-order chi connectivity index (χ1) is 13.1. The first kappa shape index (κ1) is 22.8. The Hall–Kier alpha value is -0.858. The van der Waals surface area contributed by atoms with Crippen LogP contribution in [-0.2, 0) is 27.4 Å². The lowest BCUT2D eigenvalue weighted by atomic mass is 9.78. The molecule has 0 atom stereocenters. The molecule has 2 aromatic rings. The molecular weight excluding hydrogens is 403 g/mol. The monoisotopic (exact) mass is 436 g/mol. The van der Waals surface area contributed by atoms with Gasteiger partial charge in [0.15, 0.2) is 8.32 Å². The van der Waals surface area contributed by atoms with Crippen LogP contribution in [0.15, 0.2) is 12.1 Å². The van der Waals surface area contributed by atoms with Crippen LogP contribution >= 0.6 is 11.6 Å². The molecule has 8 heteroatoms. The van der Waals surface area contributed by atoms with Crippen molar-refractivity contribution in [1.29, 1.82) is 0 Å². The van der Waals surface area contributed by atoms with Crippen LogP contribution in [0.3, 0.4) is 0 Å². The van der Waals surface area contributed by atoms with Gasteiger partial charge in [0, 0.05) is 17.9 Å². The fraction of sp³-hybridized carbons (Fsp3) is 0.667. The molecule has 0 N–H and O–H groups in total. The molecule has 1 aromatic carbocycles. The van der Waals surface area contributed by atoms with Gasteiger partial charge >= 0.3 is 7.12 Å². The van der Waals surface area contributed by atoms with Crippen LogP contribution < -0.4 is 5.46 Å². The normalized spacial score (nSPS) is 19.3. The summed E-state index contributed by atoms with van der Waals surface area (Å²) in [5, 5.41) is 6.33. The summed E-state index contributed by atoms with van der Waals surface area (Å²) in [6, 6.07) is 3.94. The summed E-state index contributed by atoms with van der Waals surface area (Å²) in [7, 11) is -0.468. The quantitative estimate of drug-likeness (QED) is 0.629. The summed E-state index contributed by atoms with van der Waals surface area (Å²) < 4.78 is 20.8. The summed E-state index contributed by atoms with van der Waals surface area (Å²) in [5.74, 6) is 0. The van der Waals surface area contributed by atoms with E-state index in [9.17, 15) is 0 Å². The van der Waals surface area contributed by atoms with Crippen molar-refractivity contribution in [3.05, 3.63) is 22.8 Å². The van der Waals surface area contributed by atoms with Gasteiger partial charge in [-0.3, -0.25) is 4.68 Å². The average Bonchev–Trinajstić information content (AvgIpc) is 2.97. The molecule has 0 spiro atoms. The number of fused-ring (bicyclic) bond motifs is 1. The molecule has 5 nitrogen and oxygen atoms in total. The Kier molecular flexibility index (Phi) is 5.58. The van der Waals surface area contributed by atoms with Gasteiger partial charge in [0.25, 0.3) is 0 Å². The van der Waals surface area contributed by atoms with E-state index in [4.69, 9.17) is 25.3 Å². The highest BCUT2D eigenvalue weighted by Crippen LogP contribution is 2.39. The number of hydrogen-bond donors (Lipinski definition) is 0.